The van der Waals surface area contributed by atoms with E-state index >= 15 is 4.39 Å². The minimum Gasteiger partial charge on any atom is -0.469 e. The summed E-state index contributed by atoms with van der Waals surface area (Å²) in [5.41, 5.74) is 0.896. The molecule has 2 N–H and O–H groups in total. The van der Waals surface area contributed by atoms with E-state index in [0.717, 1.165) is 6.42 Å². The van der Waals surface area contributed by atoms with Gasteiger partial charge < -0.3 is 15.4 Å². The Balaban J connectivity index is 1.41. The van der Waals surface area contributed by atoms with Crippen LogP contribution in [0, 0.1) is 23.5 Å². The number of benzene rings is 2. The number of piperazine rings is 1. The Morgan fingerprint density at radius 2 is 1.80 bits per heavy atom. The molecule has 1 amide bonds. The van der Waals surface area contributed by atoms with Crippen LogP contribution in [-0.4, -0.2) is 68.6 Å². The Morgan fingerprint density at radius 3 is 2.50 bits per heavy atom. The van der Waals surface area contributed by atoms with Crippen molar-refractivity contribution in [3.8, 4) is 0 Å². The molecule has 5 atom stereocenters. The number of carbonyl (C=O) groups is 2. The molecule has 46 heavy (non-hydrogen) atoms. The molecule has 0 aromatic heterocycles. The number of nitrogens with zero attached hydrogens (tertiary/aromatic N) is 1. The van der Waals surface area contributed by atoms with E-state index in [-0.39, 0.29) is 67.6 Å². The van der Waals surface area contributed by atoms with Gasteiger partial charge in [-0.25, -0.2) is 26.0 Å². The van der Waals surface area contributed by atoms with Crippen molar-refractivity contribution in [1.82, 2.24) is 9.62 Å². The zero-order chi connectivity index (χ0) is 33.1. The molecule has 5 rings (SSSR count). The number of sulfonamides is 1. The molecule has 8 nitrogen and oxygen atoms in total. The highest BCUT2D eigenvalue weighted by Crippen LogP contribution is 2.46. The SMILES string of the molecule is COC(=O)C[C@H](C(=O)Nc1cccc(F)c1CCC1CNC2CCCS(=O)(=O)N1C2)[C@H](c1ccc(F)cc1)C1CCC(F)(F)CC1. The molecule has 13 heteroatoms. The second-order valence-electron chi connectivity index (χ2n) is 12.7. The zero-order valence-electron chi connectivity index (χ0n) is 25.8. The number of esters is 1. The van der Waals surface area contributed by atoms with Gasteiger partial charge in [-0.05, 0) is 80.2 Å². The van der Waals surface area contributed by atoms with E-state index in [1.807, 2.05) is 0 Å². The van der Waals surface area contributed by atoms with Gasteiger partial charge in [0.15, 0.2) is 0 Å². The highest BCUT2D eigenvalue weighted by atomic mass is 32.2. The monoisotopic (exact) mass is 667 g/mol. The van der Waals surface area contributed by atoms with Crippen LogP contribution in [0.4, 0.5) is 23.2 Å². The second kappa shape index (κ2) is 14.4. The van der Waals surface area contributed by atoms with Gasteiger partial charge in [0.05, 0.1) is 25.2 Å². The van der Waals surface area contributed by atoms with Gasteiger partial charge >= 0.3 is 5.97 Å². The van der Waals surface area contributed by atoms with Crippen LogP contribution < -0.4 is 10.6 Å². The van der Waals surface area contributed by atoms with Crippen LogP contribution in [0.2, 0.25) is 0 Å². The fourth-order valence-corrected chi connectivity index (χ4v) is 9.10. The smallest absolute Gasteiger partial charge is 0.306 e. The molecule has 2 aliphatic heterocycles. The van der Waals surface area contributed by atoms with E-state index in [9.17, 15) is 31.2 Å². The quantitative estimate of drug-likeness (QED) is 0.260. The van der Waals surface area contributed by atoms with Crippen molar-refractivity contribution in [1.29, 1.82) is 0 Å². The third-order valence-electron chi connectivity index (χ3n) is 9.78. The van der Waals surface area contributed by atoms with Crippen molar-refractivity contribution in [3.63, 3.8) is 0 Å². The summed E-state index contributed by atoms with van der Waals surface area (Å²) < 4.78 is 89.8. The number of hydrogen-bond donors (Lipinski definition) is 2. The summed E-state index contributed by atoms with van der Waals surface area (Å²) in [6.07, 6.45) is 0.849. The molecule has 0 radical (unpaired) electrons. The minimum atomic E-state index is -3.45. The van der Waals surface area contributed by atoms with Crippen LogP contribution in [0.3, 0.4) is 0 Å². The number of rotatable bonds is 10. The van der Waals surface area contributed by atoms with Crippen molar-refractivity contribution in [2.45, 2.75) is 81.7 Å². The Kier molecular flexibility index (Phi) is 10.7. The summed E-state index contributed by atoms with van der Waals surface area (Å²) in [6, 6.07) is 9.38. The molecule has 2 bridgehead atoms. The molecule has 3 aliphatic rings. The summed E-state index contributed by atoms with van der Waals surface area (Å²) in [4.78, 5) is 26.7. The topological polar surface area (TPSA) is 105 Å². The lowest BCUT2D eigenvalue weighted by atomic mass is 9.69. The molecule has 3 unspecified atom stereocenters. The molecular weight excluding hydrogens is 626 g/mol. The van der Waals surface area contributed by atoms with E-state index in [1.165, 1.54) is 53.9 Å². The number of hydrogen-bond acceptors (Lipinski definition) is 6. The molecule has 3 fully saturated rings. The second-order valence-corrected chi connectivity index (χ2v) is 14.8. The van der Waals surface area contributed by atoms with E-state index in [2.05, 4.69) is 10.6 Å². The fourth-order valence-electron chi connectivity index (χ4n) is 7.30. The zero-order valence-corrected chi connectivity index (χ0v) is 26.6. The molecule has 2 heterocycles. The van der Waals surface area contributed by atoms with E-state index in [0.29, 0.717) is 31.5 Å². The summed E-state index contributed by atoms with van der Waals surface area (Å²) in [7, 11) is -2.27. The normalized spacial score (nSPS) is 25.5. The standard InChI is InChI=1S/C33H41F4N3O5S/c1-45-30(41)18-27(31(21-7-9-23(34)10-8-21)22-13-15-33(36,37)16-14-22)32(42)39-29-6-2-5-28(35)26(29)12-11-25-19-38-24-4-3-17-46(43,44)40(25)20-24/h2,5-10,22,24-25,27,31,38H,3-4,11-20H2,1H3,(H,39,42)/t24?,25?,27-,31+/m0/s1. The number of carbonyl (C=O) groups excluding carboxylic acids is 2. The molecule has 1 aliphatic carbocycles. The van der Waals surface area contributed by atoms with Gasteiger partial charge in [-0.1, -0.05) is 18.2 Å². The van der Waals surface area contributed by atoms with Crippen LogP contribution in [0.25, 0.3) is 0 Å². The molecule has 0 spiro atoms. The third kappa shape index (κ3) is 8.09. The van der Waals surface area contributed by atoms with Gasteiger partial charge in [-0.3, -0.25) is 9.59 Å². The molecule has 2 aromatic rings. The Morgan fingerprint density at radius 1 is 1.09 bits per heavy atom. The maximum absolute atomic E-state index is 15.3. The summed E-state index contributed by atoms with van der Waals surface area (Å²) >= 11 is 0. The van der Waals surface area contributed by atoms with Crippen LogP contribution >= 0.6 is 0 Å². The first-order chi connectivity index (χ1) is 21.9. The van der Waals surface area contributed by atoms with Crippen molar-refractivity contribution >= 4 is 27.6 Å². The number of anilines is 1. The minimum absolute atomic E-state index is 0.0676. The first-order valence-electron chi connectivity index (χ1n) is 15.9. The van der Waals surface area contributed by atoms with Crippen molar-refractivity contribution in [2.75, 3.05) is 31.3 Å². The average Bonchev–Trinajstić information content (AvgIpc) is 3.13. The number of ether oxygens (including phenoxy) is 1. The van der Waals surface area contributed by atoms with E-state index in [1.54, 1.807) is 0 Å². The Bertz CT molecular complexity index is 1500. The highest BCUT2D eigenvalue weighted by molar-refractivity contribution is 7.89. The van der Waals surface area contributed by atoms with Crippen molar-refractivity contribution in [3.05, 3.63) is 65.2 Å². The van der Waals surface area contributed by atoms with Crippen LogP contribution in [0.1, 0.15) is 68.4 Å². The van der Waals surface area contributed by atoms with Crippen LogP contribution in [0.15, 0.2) is 42.5 Å². The average molecular weight is 668 g/mol. The van der Waals surface area contributed by atoms with Gasteiger partial charge in [-0.15, -0.1) is 0 Å². The van der Waals surface area contributed by atoms with Crippen molar-refractivity contribution in [2.24, 2.45) is 11.8 Å². The number of amides is 1. The number of methoxy groups -OCH3 is 1. The third-order valence-corrected chi connectivity index (χ3v) is 11.7. The molecule has 252 valence electrons. The Hall–Kier alpha value is -3.03. The lowest BCUT2D eigenvalue weighted by Crippen LogP contribution is -2.57. The number of nitrogens with one attached hydrogen (secondary N) is 2. The fraction of sp³-hybridized carbons (Fsp3) is 0.576. The molecule has 2 saturated heterocycles. The summed E-state index contributed by atoms with van der Waals surface area (Å²) in [5.74, 6) is -7.37. The number of alkyl halides is 2. The van der Waals surface area contributed by atoms with E-state index in [4.69, 9.17) is 4.74 Å². The molecular formula is C33H41F4N3O5S. The lowest BCUT2D eigenvalue weighted by molar-refractivity contribution is -0.144. The van der Waals surface area contributed by atoms with Gasteiger partial charge in [0.1, 0.15) is 11.6 Å². The lowest BCUT2D eigenvalue weighted by Gasteiger charge is -2.38. The number of fused-ring (bicyclic) bond motifs is 2. The van der Waals surface area contributed by atoms with Crippen molar-refractivity contribution < 1.29 is 40.3 Å². The maximum Gasteiger partial charge on any atom is 0.306 e. The largest absolute Gasteiger partial charge is 0.469 e. The number of halogens is 4. The summed E-state index contributed by atoms with van der Waals surface area (Å²) in [6.45, 7) is 0.794. The highest BCUT2D eigenvalue weighted by Gasteiger charge is 2.43. The first-order valence-corrected chi connectivity index (χ1v) is 17.5. The maximum atomic E-state index is 15.3. The van der Waals surface area contributed by atoms with Gasteiger partial charge in [-0.2, -0.15) is 4.31 Å². The predicted octanol–water partition coefficient (Wildman–Crippen LogP) is 5.39. The van der Waals surface area contributed by atoms with Gasteiger partial charge in [0.25, 0.3) is 0 Å². The first kappa shape index (κ1) is 34.3. The molecule has 1 saturated carbocycles. The van der Waals surface area contributed by atoms with Crippen LogP contribution in [0.5, 0.6) is 0 Å². The van der Waals surface area contributed by atoms with Crippen LogP contribution in [-0.2, 0) is 30.8 Å². The molecule has 2 aromatic carbocycles. The van der Waals surface area contributed by atoms with Gasteiger partial charge in [0.2, 0.25) is 21.9 Å². The predicted molar refractivity (Wildman–Crippen MR) is 165 cm³/mol. The summed E-state index contributed by atoms with van der Waals surface area (Å²) in [5, 5.41) is 6.20. The van der Waals surface area contributed by atoms with E-state index < -0.39 is 57.2 Å². The van der Waals surface area contributed by atoms with Gasteiger partial charge in [0, 0.05) is 49.3 Å². The Labute approximate surface area is 267 Å².